The largest absolute Gasteiger partial charge is 0.496 e. The number of rotatable bonds is 2. The third-order valence-electron chi connectivity index (χ3n) is 6.94. The van der Waals surface area contributed by atoms with Gasteiger partial charge in [0, 0.05) is 44.5 Å². The van der Waals surface area contributed by atoms with E-state index in [-0.39, 0.29) is 10.8 Å². The number of benzene rings is 4. The highest BCUT2D eigenvalue weighted by Gasteiger charge is 2.27. The van der Waals surface area contributed by atoms with Gasteiger partial charge in [0.15, 0.2) is 0 Å². The molecule has 0 spiro atoms. The van der Waals surface area contributed by atoms with E-state index in [0.717, 1.165) is 61.4 Å². The Hall–Kier alpha value is -5.08. The van der Waals surface area contributed by atoms with Crippen molar-refractivity contribution in [2.24, 2.45) is 0 Å². The first kappa shape index (κ1) is 29.9. The SMILES string of the molecule is C#Cc1cccc(C#Cc2cc(C#Cc3cccc(C#C)c3)cc(-c3cc(C(C)(C)C)c(OC)c(C(C)(C)C)c3)c2)c1. The van der Waals surface area contributed by atoms with Gasteiger partial charge in [0.05, 0.1) is 7.11 Å². The van der Waals surface area contributed by atoms with Crippen molar-refractivity contribution in [2.75, 3.05) is 7.11 Å². The fourth-order valence-corrected chi connectivity index (χ4v) is 4.73. The van der Waals surface area contributed by atoms with Gasteiger partial charge in [0.25, 0.3) is 0 Å². The second-order valence-electron chi connectivity index (χ2n) is 12.4. The van der Waals surface area contributed by atoms with Crippen LogP contribution in [0.5, 0.6) is 5.75 Å². The topological polar surface area (TPSA) is 9.23 Å². The third kappa shape index (κ3) is 7.16. The van der Waals surface area contributed by atoms with Gasteiger partial charge in [-0.3, -0.25) is 0 Å². The molecule has 0 heterocycles. The fraction of sp³-hybridized carbons (Fsp3) is 0.220. The van der Waals surface area contributed by atoms with E-state index in [4.69, 9.17) is 17.6 Å². The molecule has 0 fully saturated rings. The van der Waals surface area contributed by atoms with Crippen LogP contribution in [-0.2, 0) is 10.8 Å². The van der Waals surface area contributed by atoms with Crippen molar-refractivity contribution in [1.82, 2.24) is 0 Å². The maximum atomic E-state index is 6.01. The van der Waals surface area contributed by atoms with E-state index in [0.29, 0.717) is 0 Å². The van der Waals surface area contributed by atoms with Crippen molar-refractivity contribution in [3.8, 4) is 65.2 Å². The highest BCUT2D eigenvalue weighted by molar-refractivity contribution is 5.72. The summed E-state index contributed by atoms with van der Waals surface area (Å²) in [6.07, 6.45) is 11.2. The van der Waals surface area contributed by atoms with Crippen molar-refractivity contribution < 1.29 is 4.74 Å². The normalized spacial score (nSPS) is 10.8. The summed E-state index contributed by atoms with van der Waals surface area (Å²) < 4.78 is 6.01. The zero-order chi connectivity index (χ0) is 30.5. The molecular weight excluding hydrogens is 508 g/mol. The Morgan fingerprint density at radius 3 is 1.24 bits per heavy atom. The monoisotopic (exact) mass is 544 g/mol. The van der Waals surface area contributed by atoms with E-state index in [1.54, 1.807) is 7.11 Å². The molecule has 0 aliphatic carbocycles. The molecule has 0 radical (unpaired) electrons. The fourth-order valence-electron chi connectivity index (χ4n) is 4.73. The van der Waals surface area contributed by atoms with Gasteiger partial charge in [-0.15, -0.1) is 12.8 Å². The van der Waals surface area contributed by atoms with Crippen LogP contribution in [0.2, 0.25) is 0 Å². The van der Waals surface area contributed by atoms with Crippen molar-refractivity contribution in [1.29, 1.82) is 0 Å². The van der Waals surface area contributed by atoms with Gasteiger partial charge in [-0.25, -0.2) is 0 Å². The Bertz CT molecular complexity index is 1720. The Kier molecular flexibility index (Phi) is 8.68. The van der Waals surface area contributed by atoms with Crippen LogP contribution in [0.15, 0.2) is 78.9 Å². The van der Waals surface area contributed by atoms with E-state index in [1.165, 1.54) is 0 Å². The van der Waals surface area contributed by atoms with E-state index in [2.05, 4.69) is 101 Å². The second kappa shape index (κ2) is 12.2. The van der Waals surface area contributed by atoms with Gasteiger partial charge in [-0.1, -0.05) is 89.2 Å². The summed E-state index contributed by atoms with van der Waals surface area (Å²) >= 11 is 0. The molecule has 0 atom stereocenters. The van der Waals surface area contributed by atoms with Gasteiger partial charge >= 0.3 is 0 Å². The van der Waals surface area contributed by atoms with Crippen LogP contribution >= 0.6 is 0 Å². The van der Waals surface area contributed by atoms with Gasteiger partial charge in [-0.05, 0) is 88.7 Å². The maximum absolute atomic E-state index is 6.01. The van der Waals surface area contributed by atoms with Crippen LogP contribution in [0.25, 0.3) is 11.1 Å². The maximum Gasteiger partial charge on any atom is 0.126 e. The molecule has 0 saturated heterocycles. The van der Waals surface area contributed by atoms with Crippen molar-refractivity contribution >= 4 is 0 Å². The van der Waals surface area contributed by atoms with Crippen LogP contribution in [0.4, 0.5) is 0 Å². The molecule has 0 N–H and O–H groups in total. The van der Waals surface area contributed by atoms with Crippen LogP contribution < -0.4 is 4.74 Å². The van der Waals surface area contributed by atoms with E-state index < -0.39 is 0 Å². The predicted octanol–water partition coefficient (Wildman–Crippen LogP) is 8.72. The number of hydrogen-bond acceptors (Lipinski definition) is 1. The molecule has 0 unspecified atom stereocenters. The molecule has 1 heteroatoms. The van der Waals surface area contributed by atoms with Gasteiger partial charge < -0.3 is 4.74 Å². The summed E-state index contributed by atoms with van der Waals surface area (Å²) in [6.45, 7) is 13.3. The summed E-state index contributed by atoms with van der Waals surface area (Å²) in [7, 11) is 1.76. The lowest BCUT2D eigenvalue weighted by Crippen LogP contribution is -2.19. The molecule has 206 valence electrons. The first-order valence-electron chi connectivity index (χ1n) is 14.0. The molecule has 0 amide bonds. The Labute approximate surface area is 252 Å². The molecule has 0 aliphatic heterocycles. The number of terminal acetylenes is 2. The zero-order valence-corrected chi connectivity index (χ0v) is 25.6. The standard InChI is InChI=1S/C41H36O/c1-10-29-14-12-16-31(22-29)18-20-33-24-34(21-19-32-17-13-15-30(11-2)23-32)26-35(25-33)36-27-37(40(3,4)5)39(42-9)38(28-36)41(6,7)8/h1-2,12-17,22-28H,3-9H3. The Morgan fingerprint density at radius 2 is 0.857 bits per heavy atom. The molecule has 42 heavy (non-hydrogen) atoms. The molecule has 0 bridgehead atoms. The molecule has 4 rings (SSSR count). The summed E-state index contributed by atoms with van der Waals surface area (Å²) in [5, 5.41) is 0. The van der Waals surface area contributed by atoms with E-state index >= 15 is 0 Å². The third-order valence-corrected chi connectivity index (χ3v) is 6.94. The minimum absolute atomic E-state index is 0.120. The van der Waals surface area contributed by atoms with Crippen molar-refractivity contribution in [3.63, 3.8) is 0 Å². The number of hydrogen-bond donors (Lipinski definition) is 0. The minimum Gasteiger partial charge on any atom is -0.496 e. The molecule has 1 nitrogen and oxygen atoms in total. The predicted molar refractivity (Wildman–Crippen MR) is 177 cm³/mol. The average Bonchev–Trinajstić information content (AvgIpc) is 2.97. The second-order valence-corrected chi connectivity index (χ2v) is 12.4. The van der Waals surface area contributed by atoms with Gasteiger partial charge in [0.2, 0.25) is 0 Å². The molecule has 0 aromatic heterocycles. The van der Waals surface area contributed by atoms with Crippen molar-refractivity contribution in [3.05, 3.63) is 123 Å². The Morgan fingerprint density at radius 1 is 0.500 bits per heavy atom. The summed E-state index contributed by atoms with van der Waals surface area (Å²) in [4.78, 5) is 0. The van der Waals surface area contributed by atoms with E-state index in [9.17, 15) is 0 Å². The summed E-state index contributed by atoms with van der Waals surface area (Å²) in [5.74, 6) is 19.6. The molecule has 4 aromatic carbocycles. The quantitative estimate of drug-likeness (QED) is 0.229. The van der Waals surface area contributed by atoms with Gasteiger partial charge in [-0.2, -0.15) is 0 Å². The number of methoxy groups -OCH3 is 1. The molecule has 0 aliphatic rings. The minimum atomic E-state index is -0.120. The van der Waals surface area contributed by atoms with Crippen LogP contribution in [-0.4, -0.2) is 7.11 Å². The molecule has 0 saturated carbocycles. The van der Waals surface area contributed by atoms with Crippen LogP contribution in [0.1, 0.15) is 86.1 Å². The lowest BCUT2D eigenvalue weighted by Gasteiger charge is -2.30. The first-order chi connectivity index (χ1) is 19.9. The molecule has 4 aromatic rings. The van der Waals surface area contributed by atoms with Crippen LogP contribution in [0, 0.1) is 48.4 Å². The summed E-state index contributed by atoms with van der Waals surface area (Å²) in [6, 6.07) is 26.2. The lowest BCUT2D eigenvalue weighted by atomic mass is 9.77. The average molecular weight is 545 g/mol. The smallest absolute Gasteiger partial charge is 0.126 e. The molecular formula is C41H36O. The summed E-state index contributed by atoms with van der Waals surface area (Å²) in [5.41, 5.74) is 9.29. The zero-order valence-electron chi connectivity index (χ0n) is 25.6. The lowest BCUT2D eigenvalue weighted by molar-refractivity contribution is 0.381. The van der Waals surface area contributed by atoms with Crippen molar-refractivity contribution in [2.45, 2.75) is 52.4 Å². The Balaban J connectivity index is 1.94. The van der Waals surface area contributed by atoms with E-state index in [1.807, 2.05) is 54.6 Å². The van der Waals surface area contributed by atoms with Crippen LogP contribution in [0.3, 0.4) is 0 Å². The number of ether oxygens (including phenoxy) is 1. The van der Waals surface area contributed by atoms with Gasteiger partial charge in [0.1, 0.15) is 5.75 Å². The highest BCUT2D eigenvalue weighted by atomic mass is 16.5. The first-order valence-corrected chi connectivity index (χ1v) is 14.0. The highest BCUT2D eigenvalue weighted by Crippen LogP contribution is 2.42.